The fraction of sp³-hybridized carbons (Fsp3) is 0. The molecule has 0 atom stereocenters. The van der Waals surface area contributed by atoms with E-state index in [1.54, 1.807) is 0 Å². The quantitative estimate of drug-likeness (QED) is 0.463. The van der Waals surface area contributed by atoms with Crippen LogP contribution in [0.2, 0.25) is 0 Å². The molecule has 0 amide bonds. The fourth-order valence-electron chi connectivity index (χ4n) is 0. The van der Waals surface area contributed by atoms with E-state index in [1.165, 1.54) is 0 Å². The molecular formula is H10LiS5. The first kappa shape index (κ1) is 81.8. The van der Waals surface area contributed by atoms with Gasteiger partial charge in [-0.25, -0.2) is 0 Å². The molecule has 0 bridgehead atoms. The predicted molar refractivity (Wildman–Crippen MR) is 57.7 cm³/mol. The molecule has 0 saturated carbocycles. The van der Waals surface area contributed by atoms with Crippen molar-refractivity contribution in [2.75, 3.05) is 0 Å². The van der Waals surface area contributed by atoms with Crippen molar-refractivity contribution in [2.24, 2.45) is 0 Å². The molecule has 6 heteroatoms. The third-order valence-electron chi connectivity index (χ3n) is 0. The summed E-state index contributed by atoms with van der Waals surface area (Å²) in [5.41, 5.74) is 0. The molecule has 0 aliphatic carbocycles. The molecule has 0 aromatic rings. The maximum absolute atomic E-state index is 0. The van der Waals surface area contributed by atoms with E-state index in [-0.39, 0.29) is 86.3 Å². The van der Waals surface area contributed by atoms with Gasteiger partial charge in [0.1, 0.15) is 0 Å². The Hall–Kier alpha value is 2.35. The zero-order valence-corrected chi connectivity index (χ0v) is 8.50. The SMILES string of the molecule is S.S.S.S.S.[Li]. The van der Waals surface area contributed by atoms with Gasteiger partial charge in [-0.05, 0) is 0 Å². The summed E-state index contributed by atoms with van der Waals surface area (Å²) in [6, 6.07) is 0. The molecule has 0 unspecified atom stereocenters. The van der Waals surface area contributed by atoms with Crippen LogP contribution in [0, 0.1) is 0 Å². The molecule has 0 heterocycles. The Balaban J connectivity index is 0. The summed E-state index contributed by atoms with van der Waals surface area (Å²) in [5, 5.41) is 0. The second-order valence-corrected chi connectivity index (χ2v) is 0. The standard InChI is InChI=1S/Li.5H2S/h;5*1H2. The minimum atomic E-state index is 0. The number of hydrogen-bond donors (Lipinski definition) is 0. The van der Waals surface area contributed by atoms with Gasteiger partial charge >= 0.3 is 0 Å². The van der Waals surface area contributed by atoms with Crippen molar-refractivity contribution in [3.63, 3.8) is 0 Å². The maximum atomic E-state index is 0. The van der Waals surface area contributed by atoms with E-state index in [2.05, 4.69) is 0 Å². The van der Waals surface area contributed by atoms with Crippen molar-refractivity contribution in [2.45, 2.75) is 0 Å². The van der Waals surface area contributed by atoms with Crippen LogP contribution < -0.4 is 0 Å². The van der Waals surface area contributed by atoms with Crippen LogP contribution in [-0.4, -0.2) is 18.9 Å². The Bertz CT molecular complexity index is 3.90. The van der Waals surface area contributed by atoms with Crippen molar-refractivity contribution in [3.8, 4) is 0 Å². The van der Waals surface area contributed by atoms with E-state index >= 15 is 0 Å². The van der Waals surface area contributed by atoms with Gasteiger partial charge in [0.05, 0.1) is 0 Å². The third kappa shape index (κ3) is 32.9. The number of rotatable bonds is 0. The summed E-state index contributed by atoms with van der Waals surface area (Å²) in [4.78, 5) is 0. The molecule has 0 aromatic heterocycles. The molecule has 0 rings (SSSR count). The third-order valence-corrected chi connectivity index (χ3v) is 0. The van der Waals surface area contributed by atoms with Crippen LogP contribution in [0.5, 0.6) is 0 Å². The molecule has 41 valence electrons. The monoisotopic (exact) mass is 177 g/mol. The van der Waals surface area contributed by atoms with E-state index in [0.717, 1.165) is 0 Å². The molecule has 6 heavy (non-hydrogen) atoms. The van der Waals surface area contributed by atoms with Crippen molar-refractivity contribution in [1.29, 1.82) is 0 Å². The Morgan fingerprint density at radius 3 is 0.333 bits per heavy atom. The molecule has 0 aliphatic heterocycles. The molecule has 0 saturated heterocycles. The van der Waals surface area contributed by atoms with Crippen molar-refractivity contribution in [3.05, 3.63) is 0 Å². The predicted octanol–water partition coefficient (Wildman–Crippen LogP) is 0.183. The van der Waals surface area contributed by atoms with Crippen LogP contribution >= 0.6 is 67.5 Å². The largest absolute Gasteiger partial charge is 0.197 e. The Morgan fingerprint density at radius 1 is 0.333 bits per heavy atom. The van der Waals surface area contributed by atoms with Gasteiger partial charge in [-0.3, -0.25) is 0 Å². The zero-order valence-electron chi connectivity index (χ0n) is 3.50. The fourth-order valence-corrected chi connectivity index (χ4v) is 0. The Labute approximate surface area is 85.6 Å². The zero-order chi connectivity index (χ0) is 0. The first-order valence-corrected chi connectivity index (χ1v) is 0. The molecular weight excluding hydrogens is 167 g/mol. The van der Waals surface area contributed by atoms with Gasteiger partial charge in [-0.1, -0.05) is 0 Å². The van der Waals surface area contributed by atoms with Gasteiger partial charge in [0.25, 0.3) is 0 Å². The van der Waals surface area contributed by atoms with Crippen LogP contribution in [0.15, 0.2) is 0 Å². The maximum Gasteiger partial charge on any atom is 0 e. The summed E-state index contributed by atoms with van der Waals surface area (Å²) in [6.45, 7) is 0. The van der Waals surface area contributed by atoms with Crippen LogP contribution in [0.25, 0.3) is 0 Å². The summed E-state index contributed by atoms with van der Waals surface area (Å²) < 4.78 is 0. The molecule has 0 N–H and O–H groups in total. The minimum absolute atomic E-state index is 0. The van der Waals surface area contributed by atoms with Crippen LogP contribution in [0.3, 0.4) is 0 Å². The minimum Gasteiger partial charge on any atom is -0.197 e. The van der Waals surface area contributed by atoms with Crippen molar-refractivity contribution in [1.82, 2.24) is 0 Å². The average Bonchev–Trinajstić information content (AvgIpc) is 0. The Kier molecular flexibility index (Phi) is 732. The summed E-state index contributed by atoms with van der Waals surface area (Å²) in [5.74, 6) is 0. The molecule has 0 spiro atoms. The second kappa shape index (κ2) is 53.7. The summed E-state index contributed by atoms with van der Waals surface area (Å²) >= 11 is 0. The second-order valence-electron chi connectivity index (χ2n) is 0. The summed E-state index contributed by atoms with van der Waals surface area (Å²) in [7, 11) is 0. The molecule has 1 radical (unpaired) electrons. The molecule has 0 fully saturated rings. The van der Waals surface area contributed by atoms with Crippen molar-refractivity contribution >= 4 is 86.3 Å². The van der Waals surface area contributed by atoms with Gasteiger partial charge in [0.2, 0.25) is 0 Å². The van der Waals surface area contributed by atoms with Crippen LogP contribution in [0.4, 0.5) is 0 Å². The number of hydrogen-bond acceptors (Lipinski definition) is 0. The van der Waals surface area contributed by atoms with E-state index in [9.17, 15) is 0 Å². The summed E-state index contributed by atoms with van der Waals surface area (Å²) in [6.07, 6.45) is 0. The van der Waals surface area contributed by atoms with Gasteiger partial charge in [-0.2, -0.15) is 67.5 Å². The molecule has 0 aromatic carbocycles. The molecule has 0 nitrogen and oxygen atoms in total. The van der Waals surface area contributed by atoms with Crippen molar-refractivity contribution < 1.29 is 0 Å². The van der Waals surface area contributed by atoms with E-state index < -0.39 is 0 Å². The van der Waals surface area contributed by atoms with Gasteiger partial charge < -0.3 is 0 Å². The average molecular weight is 177 g/mol. The first-order valence-electron chi connectivity index (χ1n) is 0. The van der Waals surface area contributed by atoms with E-state index in [4.69, 9.17) is 0 Å². The van der Waals surface area contributed by atoms with Gasteiger partial charge in [-0.15, -0.1) is 0 Å². The van der Waals surface area contributed by atoms with Crippen LogP contribution in [0.1, 0.15) is 0 Å². The smallest absolute Gasteiger partial charge is 0 e. The van der Waals surface area contributed by atoms with Gasteiger partial charge in [0.15, 0.2) is 0 Å². The van der Waals surface area contributed by atoms with E-state index in [0.29, 0.717) is 0 Å². The molecule has 0 aliphatic rings. The first-order chi connectivity index (χ1) is 0. The Morgan fingerprint density at radius 2 is 0.333 bits per heavy atom. The topological polar surface area (TPSA) is 0 Å². The normalized spacial score (nSPS) is 0. The van der Waals surface area contributed by atoms with Gasteiger partial charge in [0, 0.05) is 18.9 Å². The van der Waals surface area contributed by atoms with E-state index in [1.807, 2.05) is 0 Å². The van der Waals surface area contributed by atoms with Crippen LogP contribution in [-0.2, 0) is 0 Å².